The Morgan fingerprint density at radius 1 is 1.00 bits per heavy atom. The molecule has 0 aliphatic rings. The summed E-state index contributed by atoms with van der Waals surface area (Å²) in [6, 6.07) is 19.8. The topological polar surface area (TPSA) is 42.7 Å². The van der Waals surface area contributed by atoms with Crippen LogP contribution in [-0.2, 0) is 0 Å². The van der Waals surface area contributed by atoms with E-state index in [0.717, 1.165) is 16.9 Å². The number of rotatable bonds is 4. The van der Waals surface area contributed by atoms with Crippen LogP contribution in [0.25, 0.3) is 5.70 Å². The van der Waals surface area contributed by atoms with Crippen LogP contribution in [0.4, 0.5) is 11.6 Å². The van der Waals surface area contributed by atoms with Crippen molar-refractivity contribution in [2.75, 3.05) is 5.32 Å². The fourth-order valence-corrected chi connectivity index (χ4v) is 2.09. The Balaban J connectivity index is 1.95. The Morgan fingerprint density at radius 3 is 2.29 bits per heavy atom. The average Bonchev–Trinajstić information content (AvgIpc) is 2.89. The summed E-state index contributed by atoms with van der Waals surface area (Å²) in [5.41, 5.74) is 2.76. The lowest BCUT2D eigenvalue weighted by atomic mass is 10.2. The summed E-state index contributed by atoms with van der Waals surface area (Å²) >= 11 is 0. The highest BCUT2D eigenvalue weighted by atomic mass is 15.4. The first kappa shape index (κ1) is 13.1. The van der Waals surface area contributed by atoms with Crippen LogP contribution in [-0.4, -0.2) is 14.8 Å². The van der Waals surface area contributed by atoms with Crippen molar-refractivity contribution < 1.29 is 0 Å². The molecule has 4 nitrogen and oxygen atoms in total. The summed E-state index contributed by atoms with van der Waals surface area (Å²) in [6.45, 7) is 6.00. The highest BCUT2D eigenvalue weighted by Crippen LogP contribution is 2.21. The largest absolute Gasteiger partial charge is 0.324 e. The molecule has 0 atom stereocenters. The maximum Gasteiger partial charge on any atom is 0.230 e. The Kier molecular flexibility index (Phi) is 3.51. The van der Waals surface area contributed by atoms with Crippen molar-refractivity contribution >= 4 is 17.3 Å². The highest BCUT2D eigenvalue weighted by molar-refractivity contribution is 5.67. The van der Waals surface area contributed by atoms with Gasteiger partial charge in [-0.05, 0) is 24.6 Å². The van der Waals surface area contributed by atoms with Crippen LogP contribution in [0, 0.1) is 6.92 Å². The van der Waals surface area contributed by atoms with E-state index in [1.165, 1.54) is 0 Å². The molecular weight excluding hydrogens is 260 g/mol. The van der Waals surface area contributed by atoms with E-state index in [0.29, 0.717) is 11.8 Å². The van der Waals surface area contributed by atoms with Crippen molar-refractivity contribution in [2.24, 2.45) is 0 Å². The molecule has 104 valence electrons. The van der Waals surface area contributed by atoms with E-state index in [4.69, 9.17) is 0 Å². The van der Waals surface area contributed by atoms with E-state index < -0.39 is 0 Å². The number of anilines is 2. The maximum atomic E-state index is 4.43. The molecule has 4 heteroatoms. The fraction of sp³-hybridized carbons (Fsp3) is 0.0588. The highest BCUT2D eigenvalue weighted by Gasteiger charge is 2.11. The quantitative estimate of drug-likeness (QED) is 0.787. The third kappa shape index (κ3) is 2.84. The van der Waals surface area contributed by atoms with Gasteiger partial charge in [0.25, 0.3) is 0 Å². The summed E-state index contributed by atoms with van der Waals surface area (Å²) in [6.07, 6.45) is 0. The van der Waals surface area contributed by atoms with Crippen molar-refractivity contribution in [3.8, 4) is 0 Å². The smallest absolute Gasteiger partial charge is 0.230 e. The Morgan fingerprint density at radius 2 is 1.62 bits per heavy atom. The molecule has 3 aromatic rings. The standard InChI is InChI=1S/C17H16N4/c1-13(15-9-5-3-6-10-15)21-17(18-14(2)20-21)19-16-11-7-4-8-12-16/h3-12H,1H2,2H3,(H,18,19,20). The predicted octanol–water partition coefficient (Wildman–Crippen LogP) is 3.85. The fourth-order valence-electron chi connectivity index (χ4n) is 2.09. The molecule has 3 rings (SSSR count). The molecule has 0 bridgehead atoms. The van der Waals surface area contributed by atoms with Gasteiger partial charge in [0.2, 0.25) is 5.95 Å². The maximum absolute atomic E-state index is 4.43. The lowest BCUT2D eigenvalue weighted by Gasteiger charge is -2.10. The van der Waals surface area contributed by atoms with Gasteiger partial charge in [-0.15, -0.1) is 5.10 Å². The van der Waals surface area contributed by atoms with Gasteiger partial charge in [-0.1, -0.05) is 55.1 Å². The molecule has 0 fully saturated rings. The monoisotopic (exact) mass is 276 g/mol. The number of aromatic nitrogens is 3. The third-order valence-electron chi connectivity index (χ3n) is 3.11. The van der Waals surface area contributed by atoms with Crippen LogP contribution in [0.15, 0.2) is 67.2 Å². The molecule has 21 heavy (non-hydrogen) atoms. The first-order valence-corrected chi connectivity index (χ1v) is 6.74. The normalized spacial score (nSPS) is 10.3. The zero-order valence-electron chi connectivity index (χ0n) is 11.8. The van der Waals surface area contributed by atoms with E-state index in [1.54, 1.807) is 4.68 Å². The van der Waals surface area contributed by atoms with Crippen molar-refractivity contribution in [3.05, 3.63) is 78.6 Å². The number of aryl methyl sites for hydroxylation is 1. The zero-order valence-corrected chi connectivity index (χ0v) is 11.8. The van der Waals surface area contributed by atoms with Gasteiger partial charge >= 0.3 is 0 Å². The van der Waals surface area contributed by atoms with Crippen LogP contribution in [0.1, 0.15) is 11.4 Å². The molecule has 0 unspecified atom stereocenters. The lowest BCUT2D eigenvalue weighted by molar-refractivity contribution is 0.892. The number of para-hydroxylation sites is 1. The molecule has 0 aliphatic carbocycles. The number of nitrogens with one attached hydrogen (secondary N) is 1. The van der Waals surface area contributed by atoms with Crippen molar-refractivity contribution in [3.63, 3.8) is 0 Å². The summed E-state index contributed by atoms with van der Waals surface area (Å²) in [7, 11) is 0. The molecule has 0 radical (unpaired) electrons. The van der Waals surface area contributed by atoms with Crippen LogP contribution >= 0.6 is 0 Å². The minimum absolute atomic E-state index is 0.660. The number of benzene rings is 2. The van der Waals surface area contributed by atoms with E-state index in [1.807, 2.05) is 67.6 Å². The minimum Gasteiger partial charge on any atom is -0.324 e. The zero-order chi connectivity index (χ0) is 14.7. The second-order valence-electron chi connectivity index (χ2n) is 4.70. The molecule has 1 N–H and O–H groups in total. The molecule has 2 aromatic carbocycles. The third-order valence-corrected chi connectivity index (χ3v) is 3.11. The summed E-state index contributed by atoms with van der Waals surface area (Å²) < 4.78 is 1.73. The lowest BCUT2D eigenvalue weighted by Crippen LogP contribution is -2.05. The van der Waals surface area contributed by atoms with Gasteiger partial charge in [0.05, 0.1) is 5.70 Å². The van der Waals surface area contributed by atoms with Gasteiger partial charge < -0.3 is 5.32 Å². The van der Waals surface area contributed by atoms with Crippen LogP contribution < -0.4 is 5.32 Å². The second kappa shape index (κ2) is 5.63. The number of hydrogen-bond donors (Lipinski definition) is 1. The van der Waals surface area contributed by atoms with Crippen LogP contribution in [0.3, 0.4) is 0 Å². The van der Waals surface area contributed by atoms with Gasteiger partial charge in [-0.3, -0.25) is 0 Å². The molecule has 0 aliphatic heterocycles. The molecule has 0 spiro atoms. The molecule has 1 aromatic heterocycles. The average molecular weight is 276 g/mol. The van der Waals surface area contributed by atoms with E-state index in [2.05, 4.69) is 22.0 Å². The number of nitrogens with zero attached hydrogens (tertiary/aromatic N) is 3. The molecular formula is C17H16N4. The molecule has 0 saturated carbocycles. The van der Waals surface area contributed by atoms with Crippen molar-refractivity contribution in [1.82, 2.24) is 14.8 Å². The Labute approximate surface area is 123 Å². The summed E-state index contributed by atoms with van der Waals surface area (Å²) in [5.74, 6) is 1.36. The van der Waals surface area contributed by atoms with Crippen molar-refractivity contribution in [1.29, 1.82) is 0 Å². The SMILES string of the molecule is C=C(c1ccccc1)n1nc(C)nc1Nc1ccccc1. The Bertz CT molecular complexity index is 745. The summed E-state index contributed by atoms with van der Waals surface area (Å²) in [4.78, 5) is 4.43. The van der Waals surface area contributed by atoms with Crippen molar-refractivity contribution in [2.45, 2.75) is 6.92 Å². The first-order valence-electron chi connectivity index (χ1n) is 6.74. The van der Waals surface area contributed by atoms with Crippen LogP contribution in [0.5, 0.6) is 0 Å². The van der Waals surface area contributed by atoms with Gasteiger partial charge in [0.15, 0.2) is 0 Å². The number of hydrogen-bond acceptors (Lipinski definition) is 3. The molecule has 0 amide bonds. The van der Waals surface area contributed by atoms with Gasteiger partial charge in [0.1, 0.15) is 5.82 Å². The molecule has 1 heterocycles. The predicted molar refractivity (Wildman–Crippen MR) is 85.4 cm³/mol. The Hall–Kier alpha value is -2.88. The van der Waals surface area contributed by atoms with E-state index in [-0.39, 0.29) is 0 Å². The second-order valence-corrected chi connectivity index (χ2v) is 4.70. The van der Waals surface area contributed by atoms with Gasteiger partial charge in [-0.25, -0.2) is 0 Å². The van der Waals surface area contributed by atoms with E-state index in [9.17, 15) is 0 Å². The van der Waals surface area contributed by atoms with E-state index >= 15 is 0 Å². The van der Waals surface area contributed by atoms with Gasteiger partial charge in [-0.2, -0.15) is 9.67 Å². The summed E-state index contributed by atoms with van der Waals surface area (Å²) in [5, 5.41) is 7.70. The van der Waals surface area contributed by atoms with Gasteiger partial charge in [0, 0.05) is 5.69 Å². The first-order chi connectivity index (χ1) is 10.2. The molecule has 0 saturated heterocycles. The minimum atomic E-state index is 0.660. The van der Waals surface area contributed by atoms with Crippen LogP contribution in [0.2, 0.25) is 0 Å².